The first-order valence-corrected chi connectivity index (χ1v) is 11.1. The number of aromatic amines is 1. The van der Waals surface area contributed by atoms with Crippen LogP contribution in [0.5, 0.6) is 0 Å². The first-order chi connectivity index (χ1) is 14.7. The third-order valence-corrected chi connectivity index (χ3v) is 7.59. The molecular formula is C24H28N6. The molecular weight excluding hydrogens is 372 g/mol. The summed E-state index contributed by atoms with van der Waals surface area (Å²) in [7, 11) is 0. The van der Waals surface area contributed by atoms with E-state index in [-0.39, 0.29) is 0 Å². The molecule has 1 aliphatic carbocycles. The van der Waals surface area contributed by atoms with Crippen LogP contribution in [-0.4, -0.2) is 38.5 Å². The highest BCUT2D eigenvalue weighted by molar-refractivity contribution is 5.99. The van der Waals surface area contributed by atoms with Gasteiger partial charge in [-0.2, -0.15) is 0 Å². The van der Waals surface area contributed by atoms with Crippen LogP contribution in [0.3, 0.4) is 0 Å². The van der Waals surface area contributed by atoms with Crippen LogP contribution in [0.4, 0.5) is 5.95 Å². The molecule has 2 aliphatic rings. The molecule has 0 radical (unpaired) electrons. The van der Waals surface area contributed by atoms with Crippen LogP contribution in [0.2, 0.25) is 0 Å². The molecule has 2 fully saturated rings. The number of imidazole rings is 1. The minimum Gasteiger partial charge on any atom is -0.361 e. The molecule has 1 saturated heterocycles. The lowest BCUT2D eigenvalue weighted by molar-refractivity contribution is 0.197. The molecule has 1 atom stereocenters. The predicted octanol–water partition coefficient (Wildman–Crippen LogP) is 4.28. The van der Waals surface area contributed by atoms with Crippen molar-refractivity contribution in [1.82, 2.24) is 19.4 Å². The highest BCUT2D eigenvalue weighted by Crippen LogP contribution is 2.46. The summed E-state index contributed by atoms with van der Waals surface area (Å²) in [6.07, 6.45) is 12.0. The fourth-order valence-corrected chi connectivity index (χ4v) is 5.85. The third kappa shape index (κ3) is 2.53. The van der Waals surface area contributed by atoms with Crippen molar-refractivity contribution in [1.29, 1.82) is 0 Å². The van der Waals surface area contributed by atoms with Crippen LogP contribution in [0, 0.1) is 12.3 Å². The highest BCUT2D eigenvalue weighted by Gasteiger charge is 2.43. The third-order valence-electron chi connectivity index (χ3n) is 7.59. The number of piperidine rings is 1. The quantitative estimate of drug-likeness (QED) is 0.526. The summed E-state index contributed by atoms with van der Waals surface area (Å²) < 4.78 is 2.17. The molecule has 1 aromatic carbocycles. The molecule has 6 nitrogen and oxygen atoms in total. The van der Waals surface area contributed by atoms with E-state index in [0.29, 0.717) is 11.5 Å². The predicted molar refractivity (Wildman–Crippen MR) is 121 cm³/mol. The first kappa shape index (κ1) is 18.0. The number of nitrogens with one attached hydrogen (secondary N) is 1. The number of nitrogens with zero attached hydrogens (tertiary/aromatic N) is 4. The lowest BCUT2D eigenvalue weighted by Gasteiger charge is -2.42. The number of hydrogen-bond donors (Lipinski definition) is 2. The maximum absolute atomic E-state index is 6.50. The fourth-order valence-electron chi connectivity index (χ4n) is 5.85. The number of aryl methyl sites for hydroxylation is 1. The second kappa shape index (κ2) is 6.57. The van der Waals surface area contributed by atoms with Crippen molar-refractivity contribution in [2.75, 3.05) is 18.0 Å². The fraction of sp³-hybridized carbons (Fsp3) is 0.417. The molecule has 4 heterocycles. The van der Waals surface area contributed by atoms with E-state index in [1.54, 1.807) is 0 Å². The van der Waals surface area contributed by atoms with E-state index in [1.807, 2.05) is 18.6 Å². The molecule has 6 heteroatoms. The van der Waals surface area contributed by atoms with Gasteiger partial charge in [0.15, 0.2) is 0 Å². The molecule has 1 saturated carbocycles. The van der Waals surface area contributed by atoms with Gasteiger partial charge in [0.2, 0.25) is 5.95 Å². The SMILES string of the molecule is Cc1nc(N2CCC3(CCC[C@H]3N)CC2)n2ccnc2c1-c1cccc2[nH]ccc12. The number of nitrogens with two attached hydrogens (primary N) is 1. The Bertz CT molecular complexity index is 1230. The summed E-state index contributed by atoms with van der Waals surface area (Å²) in [6.45, 7) is 4.14. The summed E-state index contributed by atoms with van der Waals surface area (Å²) in [4.78, 5) is 15.6. The summed E-state index contributed by atoms with van der Waals surface area (Å²) in [5.74, 6) is 1.01. The minimum atomic E-state index is 0.351. The number of fused-ring (bicyclic) bond motifs is 2. The van der Waals surface area contributed by atoms with Crippen LogP contribution < -0.4 is 10.6 Å². The highest BCUT2D eigenvalue weighted by atomic mass is 15.3. The monoisotopic (exact) mass is 400 g/mol. The summed E-state index contributed by atoms with van der Waals surface area (Å²) in [5.41, 5.74) is 12.3. The van der Waals surface area contributed by atoms with E-state index >= 15 is 0 Å². The molecule has 1 aliphatic heterocycles. The molecule has 6 rings (SSSR count). The Hall–Kier alpha value is -2.86. The van der Waals surface area contributed by atoms with Gasteiger partial charge in [-0.25, -0.2) is 9.97 Å². The van der Waals surface area contributed by atoms with Crippen LogP contribution in [-0.2, 0) is 0 Å². The van der Waals surface area contributed by atoms with Gasteiger partial charge in [0.1, 0.15) is 5.65 Å². The summed E-state index contributed by atoms with van der Waals surface area (Å²) >= 11 is 0. The molecule has 154 valence electrons. The van der Waals surface area contributed by atoms with Gasteiger partial charge in [0.25, 0.3) is 0 Å². The zero-order chi connectivity index (χ0) is 20.3. The second-order valence-electron chi connectivity index (χ2n) is 9.09. The van der Waals surface area contributed by atoms with E-state index in [4.69, 9.17) is 15.7 Å². The first-order valence-electron chi connectivity index (χ1n) is 11.1. The van der Waals surface area contributed by atoms with Gasteiger partial charge in [0, 0.05) is 54.2 Å². The summed E-state index contributed by atoms with van der Waals surface area (Å²) in [5, 5.41) is 1.20. The van der Waals surface area contributed by atoms with Crippen molar-refractivity contribution in [3.63, 3.8) is 0 Å². The second-order valence-corrected chi connectivity index (χ2v) is 9.09. The van der Waals surface area contributed by atoms with Crippen LogP contribution in [0.1, 0.15) is 37.8 Å². The van der Waals surface area contributed by atoms with Crippen molar-refractivity contribution in [2.24, 2.45) is 11.1 Å². The van der Waals surface area contributed by atoms with Crippen molar-refractivity contribution in [2.45, 2.75) is 45.1 Å². The Morgan fingerprint density at radius 3 is 2.83 bits per heavy atom. The van der Waals surface area contributed by atoms with Gasteiger partial charge in [-0.3, -0.25) is 4.40 Å². The molecule has 3 aromatic heterocycles. The molecule has 1 spiro atoms. The van der Waals surface area contributed by atoms with E-state index in [1.165, 1.54) is 30.2 Å². The lowest BCUT2D eigenvalue weighted by atomic mass is 9.74. The molecule has 0 unspecified atom stereocenters. The van der Waals surface area contributed by atoms with Crippen molar-refractivity contribution < 1.29 is 0 Å². The Morgan fingerprint density at radius 2 is 2.03 bits per heavy atom. The van der Waals surface area contributed by atoms with Crippen LogP contribution in [0.25, 0.3) is 27.7 Å². The van der Waals surface area contributed by atoms with Crippen molar-refractivity contribution in [3.8, 4) is 11.1 Å². The van der Waals surface area contributed by atoms with Gasteiger partial charge in [-0.05, 0) is 55.7 Å². The van der Waals surface area contributed by atoms with Gasteiger partial charge in [-0.1, -0.05) is 18.6 Å². The van der Waals surface area contributed by atoms with E-state index in [0.717, 1.165) is 54.3 Å². The van der Waals surface area contributed by atoms with Crippen molar-refractivity contribution in [3.05, 3.63) is 48.5 Å². The molecule has 4 aromatic rings. The minimum absolute atomic E-state index is 0.351. The Balaban J connectivity index is 1.42. The Kier molecular flexibility index (Phi) is 3.93. The van der Waals surface area contributed by atoms with Gasteiger partial charge in [0.05, 0.1) is 5.69 Å². The zero-order valence-electron chi connectivity index (χ0n) is 17.4. The normalized spacial score (nSPS) is 21.3. The lowest BCUT2D eigenvalue weighted by Crippen LogP contribution is -2.47. The average molecular weight is 401 g/mol. The average Bonchev–Trinajstić information content (AvgIpc) is 3.49. The van der Waals surface area contributed by atoms with E-state index in [9.17, 15) is 0 Å². The van der Waals surface area contributed by atoms with Crippen LogP contribution >= 0.6 is 0 Å². The van der Waals surface area contributed by atoms with Gasteiger partial charge >= 0.3 is 0 Å². The van der Waals surface area contributed by atoms with Gasteiger partial charge in [-0.15, -0.1) is 0 Å². The largest absolute Gasteiger partial charge is 0.361 e. The molecule has 0 bridgehead atoms. The van der Waals surface area contributed by atoms with E-state index in [2.05, 4.69) is 45.5 Å². The number of anilines is 1. The van der Waals surface area contributed by atoms with Crippen molar-refractivity contribution >= 4 is 22.5 Å². The maximum Gasteiger partial charge on any atom is 0.211 e. The number of aromatic nitrogens is 4. The summed E-state index contributed by atoms with van der Waals surface area (Å²) in [6, 6.07) is 8.87. The molecule has 30 heavy (non-hydrogen) atoms. The van der Waals surface area contributed by atoms with Crippen LogP contribution in [0.15, 0.2) is 42.9 Å². The smallest absolute Gasteiger partial charge is 0.211 e. The number of benzene rings is 1. The van der Waals surface area contributed by atoms with Gasteiger partial charge < -0.3 is 15.6 Å². The Labute approximate surface area is 176 Å². The maximum atomic E-state index is 6.50. The standard InChI is InChI=1S/C24H28N6/c1-16-21(18-4-2-5-19-17(18)7-11-26-19)22-27-12-15-30(22)23(28-16)29-13-9-24(10-14-29)8-3-6-20(24)25/h2,4-5,7,11-12,15,20,26H,3,6,8-10,13-14,25H2,1H3/t20-/m1/s1. The topological polar surface area (TPSA) is 75.2 Å². The Morgan fingerprint density at radius 1 is 1.17 bits per heavy atom. The number of hydrogen-bond acceptors (Lipinski definition) is 4. The zero-order valence-corrected chi connectivity index (χ0v) is 17.4. The molecule has 3 N–H and O–H groups in total. The molecule has 0 amide bonds. The van der Waals surface area contributed by atoms with E-state index < -0.39 is 0 Å². The number of H-pyrrole nitrogens is 1. The number of rotatable bonds is 2.